The van der Waals surface area contributed by atoms with Crippen LogP contribution in [0.15, 0.2) is 133 Å². The van der Waals surface area contributed by atoms with E-state index < -0.39 is 100 Å². The van der Waals surface area contributed by atoms with Gasteiger partial charge in [0.1, 0.15) is 36.6 Å². The molecule has 19 nitrogen and oxygen atoms in total. The lowest BCUT2D eigenvalue weighted by Crippen LogP contribution is -2.63. The molecule has 0 aromatic heterocycles. The summed E-state index contributed by atoms with van der Waals surface area (Å²) >= 11 is 0. The van der Waals surface area contributed by atoms with Crippen LogP contribution in [-0.2, 0) is 46.2 Å². The molecule has 9 aliphatic rings. The highest BCUT2D eigenvalue weighted by Crippen LogP contribution is 2.71. The van der Waals surface area contributed by atoms with Crippen molar-refractivity contribution in [2.75, 3.05) is 24.3 Å². The molecule has 0 spiro atoms. The number of aldehydes is 1. The molecule has 0 radical (unpaired) electrons. The minimum Gasteiger partial charge on any atom is -0.508 e. The number of nitrogens with two attached hydrogens (primary N) is 1. The van der Waals surface area contributed by atoms with Crippen LogP contribution in [0.25, 0.3) is 0 Å². The van der Waals surface area contributed by atoms with Crippen LogP contribution < -0.4 is 11.1 Å². The Morgan fingerprint density at radius 3 is 1.79 bits per heavy atom. The number of aromatic hydroxyl groups is 2. The van der Waals surface area contributed by atoms with Crippen molar-refractivity contribution in [3.63, 3.8) is 0 Å². The average Bonchev–Trinajstić information content (AvgIpc) is 1.48. The van der Waals surface area contributed by atoms with Crippen LogP contribution in [0.3, 0.4) is 0 Å². The van der Waals surface area contributed by atoms with Gasteiger partial charge in [-0.1, -0.05) is 99.5 Å². The summed E-state index contributed by atoms with van der Waals surface area (Å²) in [7, 11) is 0. The second-order valence-corrected chi connectivity index (χ2v) is 29.5. The number of Topliss-reactive ketones (excluding diaryl/α,β-unsaturated/α-hetero) is 2. The first-order valence-electron chi connectivity index (χ1n) is 32.6. The second-order valence-electron chi connectivity index (χ2n) is 29.5. The zero-order valence-electron chi connectivity index (χ0n) is 54.3. The number of nitrogens with one attached hydrogen (secondary N) is 1. The average molecular weight is 1290 g/mol. The Bertz CT molecular complexity index is 3810. The largest absolute Gasteiger partial charge is 0.508 e. The smallest absolute Gasteiger partial charge is 0.412 e. The number of amides is 1. The van der Waals surface area contributed by atoms with E-state index in [4.69, 9.17) is 19.9 Å². The van der Waals surface area contributed by atoms with Crippen LogP contribution in [0.5, 0.6) is 11.5 Å². The molecule has 7 fully saturated rings. The topological polar surface area (TPSA) is 330 Å². The lowest BCUT2D eigenvalue weighted by Gasteiger charge is -2.59. The van der Waals surface area contributed by atoms with E-state index in [1.165, 1.54) is 6.07 Å². The number of hydrogen-bond donors (Lipinski definition) is 10. The summed E-state index contributed by atoms with van der Waals surface area (Å²) in [5.41, 5.74) is 6.90. The molecule has 8 aliphatic carbocycles. The van der Waals surface area contributed by atoms with Crippen LogP contribution in [0.4, 0.5) is 16.2 Å². The fourth-order valence-corrected chi connectivity index (χ4v) is 18.8. The van der Waals surface area contributed by atoms with Gasteiger partial charge >= 0.3 is 6.09 Å². The van der Waals surface area contributed by atoms with Gasteiger partial charge in [-0.15, -0.1) is 0 Å². The lowest BCUT2D eigenvalue weighted by molar-refractivity contribution is -0.201. The summed E-state index contributed by atoms with van der Waals surface area (Å²) in [5, 5.41) is 87.9. The van der Waals surface area contributed by atoms with Gasteiger partial charge in [0.15, 0.2) is 40.6 Å². The molecular formula is C75H88N2O17. The monoisotopic (exact) mass is 1290 g/mol. The molecule has 94 heavy (non-hydrogen) atoms. The first-order valence-corrected chi connectivity index (χ1v) is 32.6. The normalized spacial score (nSPS) is 35.6. The quantitative estimate of drug-likeness (QED) is 0.0495. The molecule has 0 bridgehead atoms. The van der Waals surface area contributed by atoms with Crippen LogP contribution in [0.2, 0.25) is 0 Å². The van der Waals surface area contributed by atoms with E-state index in [9.17, 15) is 69.6 Å². The third kappa shape index (κ3) is 11.7. The number of nitrogen functional groups attached to an aromatic ring is 1. The molecule has 17 atom stereocenters. The zero-order chi connectivity index (χ0) is 67.8. The molecule has 11 N–H and O–H groups in total. The molecule has 4 aromatic rings. The van der Waals surface area contributed by atoms with Gasteiger partial charge in [-0.05, 0) is 179 Å². The maximum absolute atomic E-state index is 13.7. The summed E-state index contributed by atoms with van der Waals surface area (Å²) in [6.45, 7) is 11.8. The molecule has 6 saturated carbocycles. The van der Waals surface area contributed by atoms with Gasteiger partial charge in [-0.2, -0.15) is 0 Å². The van der Waals surface area contributed by atoms with Crippen LogP contribution in [0, 0.1) is 57.2 Å². The van der Waals surface area contributed by atoms with E-state index in [2.05, 4.69) is 12.2 Å². The third-order valence-electron chi connectivity index (χ3n) is 23.0. The van der Waals surface area contributed by atoms with Crippen molar-refractivity contribution >= 4 is 46.9 Å². The lowest BCUT2D eigenvalue weighted by atomic mass is 9.46. The number of phenols is 2. The van der Waals surface area contributed by atoms with Gasteiger partial charge in [0, 0.05) is 68.8 Å². The Morgan fingerprint density at radius 2 is 1.24 bits per heavy atom. The number of aliphatic hydroxyl groups excluding tert-OH is 5. The van der Waals surface area contributed by atoms with Crippen molar-refractivity contribution in [1.29, 1.82) is 0 Å². The van der Waals surface area contributed by atoms with Crippen molar-refractivity contribution in [2.24, 2.45) is 57.2 Å². The Kier molecular flexibility index (Phi) is 18.3. The highest BCUT2D eigenvalue weighted by Gasteiger charge is 2.76. The van der Waals surface area contributed by atoms with Crippen LogP contribution >= 0.6 is 0 Å². The number of ether oxygens (including phenoxy) is 3. The molecular weight excluding hydrogens is 1200 g/mol. The van der Waals surface area contributed by atoms with Gasteiger partial charge in [0.25, 0.3) is 0 Å². The summed E-state index contributed by atoms with van der Waals surface area (Å²) in [6, 6.07) is 24.9. The maximum atomic E-state index is 13.7. The molecule has 1 heterocycles. The van der Waals surface area contributed by atoms with E-state index in [-0.39, 0.29) is 71.4 Å². The minimum atomic E-state index is -2.05. The third-order valence-corrected chi connectivity index (χ3v) is 23.0. The van der Waals surface area contributed by atoms with E-state index in [0.717, 1.165) is 53.5 Å². The number of ketones is 4. The SMILES string of the molecule is CC(C)(C)OC(=O)Nc1cccc(Cc2ccc(C=O)cc2O)c1.C[C@]12C=CC(=O)C=C1CC[C@@H]1[C@@H]2[C@@H](O)C[C@@]2(C)[C@H]1C[C@@H](O)[C@]2(O)C(=O)CO.C[C@]12C=CC(=O)C=C1CC[C@@H]1[C@@H]2[C@@H](O)C[C@@]2(C)[C@H]1C[C@H]1O[C@@H](c3ccc(Cc4cccc(N)c4)c(O)c3)O[C@]12C(=O)CO. The van der Waals surface area contributed by atoms with Crippen molar-refractivity contribution in [3.05, 3.63) is 166 Å². The summed E-state index contributed by atoms with van der Waals surface area (Å²) in [6.07, 6.45) is 11.6. The number of carbonyl (C=O) groups excluding carboxylic acids is 6. The number of aliphatic hydroxyl groups is 6. The van der Waals surface area contributed by atoms with Crippen LogP contribution in [0.1, 0.15) is 144 Å². The molecule has 1 amide bonds. The highest BCUT2D eigenvalue weighted by atomic mass is 16.7. The molecule has 500 valence electrons. The maximum Gasteiger partial charge on any atom is 0.412 e. The molecule has 1 saturated heterocycles. The number of carbonyl (C=O) groups is 6. The fraction of sp³-hybridized carbons (Fsp3) is 0.493. The highest BCUT2D eigenvalue weighted by molar-refractivity contribution is 6.02. The number of phenolic OH excluding ortho intramolecular Hbond substituents is 2. The van der Waals surface area contributed by atoms with E-state index >= 15 is 0 Å². The minimum absolute atomic E-state index is 0.00826. The van der Waals surface area contributed by atoms with E-state index in [1.807, 2.05) is 80.6 Å². The number of allylic oxidation sites excluding steroid dienone is 8. The number of fused-ring (bicyclic) bond motifs is 12. The zero-order valence-corrected chi connectivity index (χ0v) is 54.3. The predicted octanol–water partition coefficient (Wildman–Crippen LogP) is 8.84. The van der Waals surface area contributed by atoms with Crippen molar-refractivity contribution in [1.82, 2.24) is 0 Å². The predicted molar refractivity (Wildman–Crippen MR) is 348 cm³/mol. The van der Waals surface area contributed by atoms with Gasteiger partial charge in [-0.25, -0.2) is 4.79 Å². The fourth-order valence-electron chi connectivity index (χ4n) is 18.8. The Balaban J connectivity index is 0.000000153. The molecule has 1 aliphatic heterocycles. The first kappa shape index (κ1) is 67.9. The standard InChI is InChI=1S/C35H39NO7.C21H28O6.C19H21NO4/c1-33-11-10-24(38)15-22(33)8-9-25-26-16-30-35(29(41)18-37,34(26,2)17-28(40)31(25)33)43-32(42-30)21-7-6-20(27(39)14-21)12-19-4-3-5-23(36)13-19;1-19-6-5-12(23)7-11(19)3-4-13-14-8-16(25)21(27,17(26)10-22)20(14,2)9-15(24)18(13)19;1-19(2,3)24-18(23)20-16-6-4-5-13(10-16)9-15-8-7-14(12-21)11-17(15)22/h3-7,10-11,13-15,25-26,28,30-32,37,39-40H,8-9,12,16-18,36H2,1-2H3;5-7,13-16,18,22,24-25,27H,3-4,8-10H2,1-2H3;4-8,10-12,22H,9H2,1-3H3,(H,20,23)/t25-,26-,28-,30+,31+,32+,33-,34-,35+;13-,14-,15-,16+,18+,19-,20-,21-;/m00./s1. The van der Waals surface area contributed by atoms with Gasteiger partial charge < -0.3 is 60.8 Å². The molecule has 13 rings (SSSR count). The van der Waals surface area contributed by atoms with Crippen molar-refractivity contribution < 1.29 is 83.8 Å². The number of benzene rings is 4. The van der Waals surface area contributed by atoms with Gasteiger partial charge in [0.2, 0.25) is 0 Å². The second kappa shape index (κ2) is 25.3. The molecule has 19 heteroatoms. The van der Waals surface area contributed by atoms with Gasteiger partial charge in [-0.3, -0.25) is 29.3 Å². The summed E-state index contributed by atoms with van der Waals surface area (Å²) < 4.78 is 18.4. The number of anilines is 2. The Morgan fingerprint density at radius 1 is 0.702 bits per heavy atom. The molecule has 4 aromatic carbocycles. The Hall–Kier alpha value is -7.46. The van der Waals surface area contributed by atoms with Crippen LogP contribution in [-0.4, -0.2) is 131 Å². The molecule has 0 unspecified atom stereocenters. The van der Waals surface area contributed by atoms with Gasteiger partial charge in [0.05, 0.1) is 24.4 Å². The first-order chi connectivity index (χ1) is 44.4. The number of rotatable bonds is 11. The van der Waals surface area contributed by atoms with E-state index in [0.29, 0.717) is 60.0 Å². The van der Waals surface area contributed by atoms with E-state index in [1.54, 1.807) is 76.3 Å². The summed E-state index contributed by atoms with van der Waals surface area (Å²) in [5.74, 6) is -1.38. The van der Waals surface area contributed by atoms with Crippen molar-refractivity contribution in [2.45, 2.75) is 160 Å². The van der Waals surface area contributed by atoms with Crippen molar-refractivity contribution in [3.8, 4) is 11.5 Å². The number of hydrogen-bond acceptors (Lipinski definition) is 18. The summed E-state index contributed by atoms with van der Waals surface area (Å²) in [4.78, 5) is 72.7. The Labute approximate surface area is 547 Å².